The van der Waals surface area contributed by atoms with Gasteiger partial charge in [0.05, 0.1) is 73.9 Å². The molecule has 0 bridgehead atoms. The molecule has 2 saturated heterocycles. The summed E-state index contributed by atoms with van der Waals surface area (Å²) in [5, 5.41) is 15.7. The lowest BCUT2D eigenvalue weighted by Gasteiger charge is -2.29. The number of benzene rings is 2. The van der Waals surface area contributed by atoms with E-state index in [0.717, 1.165) is 0 Å². The predicted molar refractivity (Wildman–Crippen MR) is 208 cm³/mol. The zero-order valence-corrected chi connectivity index (χ0v) is 31.8. The highest BCUT2D eigenvalue weighted by Gasteiger charge is 2.34. The van der Waals surface area contributed by atoms with Gasteiger partial charge in [0.25, 0.3) is 0 Å². The van der Waals surface area contributed by atoms with E-state index in [1.807, 2.05) is 0 Å². The Morgan fingerprint density at radius 2 is 1.36 bits per heavy atom. The number of amides is 4. The number of rotatable bonds is 9. The van der Waals surface area contributed by atoms with Gasteiger partial charge in [0, 0.05) is 26.9 Å². The van der Waals surface area contributed by atoms with Crippen LogP contribution in [0.4, 0.5) is 41.1 Å². The molecule has 0 unspecified atom stereocenters. The van der Waals surface area contributed by atoms with E-state index in [4.69, 9.17) is 22.3 Å². The van der Waals surface area contributed by atoms with Gasteiger partial charge in [-0.3, -0.25) is 24.4 Å². The number of hydrazone groups is 2. The molecule has 0 aromatic heterocycles. The van der Waals surface area contributed by atoms with E-state index in [0.29, 0.717) is 60.8 Å². The quantitative estimate of drug-likeness (QED) is 0.253. The Bertz CT molecular complexity index is 1850. The van der Waals surface area contributed by atoms with E-state index in [-0.39, 0.29) is 38.0 Å². The fourth-order valence-electron chi connectivity index (χ4n) is 5.45. The molecular weight excluding hydrogens is 786 g/mol. The third-order valence-corrected chi connectivity index (χ3v) is 8.39. The van der Waals surface area contributed by atoms with Crippen molar-refractivity contribution >= 4 is 75.4 Å². The molecule has 0 saturated carbocycles. The normalized spacial score (nSPS) is 18.4. The van der Waals surface area contributed by atoms with Crippen molar-refractivity contribution < 1.29 is 37.4 Å². The van der Waals surface area contributed by atoms with Gasteiger partial charge >= 0.3 is 12.2 Å². The summed E-state index contributed by atoms with van der Waals surface area (Å²) in [6.45, 7) is 6.49. The zero-order chi connectivity index (χ0) is 39.9. The number of hydrogen-bond acceptors (Lipinski definition) is 12. The number of cyclic esters (lactones) is 2. The molecule has 16 nitrogen and oxygen atoms in total. The number of hydrogen-bond donors (Lipinski definition) is 3. The van der Waals surface area contributed by atoms with Crippen LogP contribution in [0.15, 0.2) is 46.6 Å². The number of alkyl halides is 1. The lowest BCUT2D eigenvalue weighted by Crippen LogP contribution is -2.38. The van der Waals surface area contributed by atoms with Gasteiger partial charge in [-0.05, 0) is 36.4 Å². The number of anilines is 4. The number of terminal acetylenes is 2. The van der Waals surface area contributed by atoms with Crippen LogP contribution >= 0.6 is 15.9 Å². The van der Waals surface area contributed by atoms with Gasteiger partial charge in [0.1, 0.15) is 36.5 Å². The van der Waals surface area contributed by atoms with Gasteiger partial charge in [0.15, 0.2) is 0 Å². The molecule has 19 heteroatoms. The molecule has 4 aliphatic heterocycles. The number of halogens is 3. The molecule has 2 fully saturated rings. The molecule has 2 aromatic carbocycles. The Morgan fingerprint density at radius 1 is 0.855 bits per heavy atom. The highest BCUT2D eigenvalue weighted by atomic mass is 79.9. The SMILES string of the molecule is C#CCBr.C#CCN1CCN(c2ccc(N3C[C@H](CNC(C)=O)OC3=O)cc2F)C=N1.CC(=O)NC[C@H]1CN(c2ccc(N3C=NNCC3)c(F)c2)C(=O)O1. The molecule has 2 atom stereocenters. The molecule has 0 aliphatic carbocycles. The smallest absolute Gasteiger partial charge is 0.414 e. The molecule has 0 radical (unpaired) electrons. The summed E-state index contributed by atoms with van der Waals surface area (Å²) in [5.41, 5.74) is 4.37. The number of carbonyl (C=O) groups is 4. The summed E-state index contributed by atoms with van der Waals surface area (Å²) in [6.07, 6.45) is 11.0. The molecule has 4 amide bonds. The summed E-state index contributed by atoms with van der Waals surface area (Å²) in [5.74, 6) is 3.54. The predicted octanol–water partition coefficient (Wildman–Crippen LogP) is 2.64. The molecule has 2 aromatic rings. The fraction of sp³-hybridized carbons (Fsp3) is 0.389. The molecular formula is C36H41BrF2N10O6. The Balaban J connectivity index is 0.000000224. The first-order valence-electron chi connectivity index (χ1n) is 17.0. The maximum absolute atomic E-state index is 14.6. The maximum Gasteiger partial charge on any atom is 0.414 e. The highest BCUT2D eigenvalue weighted by Crippen LogP contribution is 2.29. The third-order valence-electron chi connectivity index (χ3n) is 8.07. The second-order valence-electron chi connectivity index (χ2n) is 12.1. The summed E-state index contributed by atoms with van der Waals surface area (Å²) >= 11 is 3.01. The van der Waals surface area contributed by atoms with E-state index in [9.17, 15) is 28.0 Å². The fourth-order valence-corrected chi connectivity index (χ4v) is 5.45. The van der Waals surface area contributed by atoms with Gasteiger partial charge in [-0.15, -0.1) is 12.8 Å². The van der Waals surface area contributed by atoms with Crippen LogP contribution in [0.5, 0.6) is 0 Å². The molecule has 6 rings (SSSR count). The van der Waals surface area contributed by atoms with Crippen molar-refractivity contribution in [2.75, 3.05) is 83.8 Å². The molecule has 292 valence electrons. The minimum atomic E-state index is -0.568. The first kappa shape index (κ1) is 41.7. The van der Waals surface area contributed by atoms with E-state index < -0.39 is 36.0 Å². The standard InChI is InChI=1S/C18H20FN5O3.C15H18FN5O3.C3H3Br/c1-3-6-23-8-7-22(12-21-23)17-5-4-14(9-16(17)19)24-11-15(27-18(24)26)10-20-13(2)25;1-10(22)17-7-12-8-21(15(23)24-12)11-2-3-14(13(16)6-11)20-5-4-18-19-9-20;1-2-3-4/h1,4-5,9,12,15H,6-8,10-11H2,2H3,(H,20,25);2-3,6,9,12,18H,4-5,7-8H2,1H3,(H,17,22);1H,3H2/t15-;12-;/m00./s1. The Labute approximate surface area is 325 Å². The average Bonchev–Trinajstić information content (AvgIpc) is 3.75. The topological polar surface area (TPSA) is 164 Å². The molecule has 0 spiro atoms. The van der Waals surface area contributed by atoms with Crippen molar-refractivity contribution in [2.45, 2.75) is 26.1 Å². The van der Waals surface area contributed by atoms with Crippen LogP contribution in [0.3, 0.4) is 0 Å². The third kappa shape index (κ3) is 12.0. The second kappa shape index (κ2) is 20.4. The van der Waals surface area contributed by atoms with E-state index >= 15 is 0 Å². The minimum absolute atomic E-state index is 0.197. The molecule has 3 N–H and O–H groups in total. The Hall–Kier alpha value is -6.08. The highest BCUT2D eigenvalue weighted by molar-refractivity contribution is 9.09. The number of nitrogens with zero attached hydrogens (tertiary/aromatic N) is 7. The lowest BCUT2D eigenvalue weighted by molar-refractivity contribution is -0.120. The Kier molecular flexibility index (Phi) is 15.5. The first-order chi connectivity index (χ1) is 26.4. The van der Waals surface area contributed by atoms with Crippen LogP contribution in [-0.2, 0) is 19.1 Å². The van der Waals surface area contributed by atoms with Crippen molar-refractivity contribution in [3.05, 3.63) is 48.0 Å². The van der Waals surface area contributed by atoms with E-state index in [1.165, 1.54) is 48.5 Å². The lowest BCUT2D eigenvalue weighted by atomic mass is 10.2. The zero-order valence-electron chi connectivity index (χ0n) is 30.2. The molecule has 55 heavy (non-hydrogen) atoms. The summed E-state index contributed by atoms with van der Waals surface area (Å²) in [4.78, 5) is 52.0. The van der Waals surface area contributed by atoms with Crippen molar-refractivity contribution in [3.63, 3.8) is 0 Å². The summed E-state index contributed by atoms with van der Waals surface area (Å²) < 4.78 is 39.4. The largest absolute Gasteiger partial charge is 0.442 e. The van der Waals surface area contributed by atoms with Gasteiger partial charge in [-0.2, -0.15) is 10.2 Å². The van der Waals surface area contributed by atoms with Crippen molar-refractivity contribution in [1.29, 1.82) is 0 Å². The van der Waals surface area contributed by atoms with Crippen molar-refractivity contribution in [2.24, 2.45) is 10.2 Å². The van der Waals surface area contributed by atoms with Crippen LogP contribution < -0.4 is 35.7 Å². The molecule has 4 heterocycles. The van der Waals surface area contributed by atoms with Gasteiger partial charge < -0.3 is 35.3 Å². The van der Waals surface area contributed by atoms with Crippen LogP contribution in [0.2, 0.25) is 0 Å². The van der Waals surface area contributed by atoms with Crippen LogP contribution in [0.1, 0.15) is 13.8 Å². The molecule has 4 aliphatic rings. The number of ether oxygens (including phenoxy) is 2. The monoisotopic (exact) mass is 826 g/mol. The number of carbonyl (C=O) groups excluding carboxylic acids is 4. The van der Waals surface area contributed by atoms with Gasteiger partial charge in [-0.1, -0.05) is 27.8 Å². The Morgan fingerprint density at radius 3 is 1.75 bits per heavy atom. The van der Waals surface area contributed by atoms with Gasteiger partial charge in [0.2, 0.25) is 11.8 Å². The maximum atomic E-state index is 14.6. The van der Waals surface area contributed by atoms with E-state index in [1.54, 1.807) is 39.1 Å². The second-order valence-corrected chi connectivity index (χ2v) is 12.6. The summed E-state index contributed by atoms with van der Waals surface area (Å²) in [6, 6.07) is 9.11. The summed E-state index contributed by atoms with van der Waals surface area (Å²) in [7, 11) is 0. The first-order valence-corrected chi connectivity index (χ1v) is 18.1. The van der Waals surface area contributed by atoms with Crippen LogP contribution in [0.25, 0.3) is 0 Å². The minimum Gasteiger partial charge on any atom is -0.442 e. The van der Waals surface area contributed by atoms with Crippen LogP contribution in [-0.4, -0.2) is 118 Å². The van der Waals surface area contributed by atoms with E-state index in [2.05, 4.69) is 54.0 Å². The number of nitrogens with one attached hydrogen (secondary N) is 3. The van der Waals surface area contributed by atoms with Crippen molar-refractivity contribution in [1.82, 2.24) is 21.1 Å². The van der Waals surface area contributed by atoms with Gasteiger partial charge in [-0.25, -0.2) is 18.4 Å². The van der Waals surface area contributed by atoms with Crippen molar-refractivity contribution in [3.8, 4) is 24.7 Å². The van der Waals surface area contributed by atoms with Crippen LogP contribution in [0, 0.1) is 36.3 Å². The average molecular weight is 828 g/mol.